The number of hydrogen-bond donors (Lipinski definition) is 2. The van der Waals surface area contributed by atoms with E-state index in [0.717, 1.165) is 13.1 Å². The van der Waals surface area contributed by atoms with Crippen molar-refractivity contribution in [2.75, 3.05) is 25.5 Å². The van der Waals surface area contributed by atoms with Gasteiger partial charge in [0.2, 0.25) is 0 Å². The number of rotatable bonds is 5. The topological polar surface area (TPSA) is 59.0 Å². The van der Waals surface area contributed by atoms with E-state index >= 15 is 0 Å². The van der Waals surface area contributed by atoms with Gasteiger partial charge in [0, 0.05) is 24.5 Å². The van der Waals surface area contributed by atoms with Crippen molar-refractivity contribution in [3.8, 4) is 0 Å². The minimum Gasteiger partial charge on any atom is -0.365 e. The average molecular weight is 252 g/mol. The van der Waals surface area contributed by atoms with Gasteiger partial charge < -0.3 is 15.2 Å². The van der Waals surface area contributed by atoms with E-state index in [4.69, 9.17) is 0 Å². The highest BCUT2D eigenvalue weighted by Crippen LogP contribution is 2.10. The van der Waals surface area contributed by atoms with Crippen LogP contribution >= 0.6 is 0 Å². The van der Waals surface area contributed by atoms with E-state index in [1.54, 1.807) is 17.0 Å². The van der Waals surface area contributed by atoms with Gasteiger partial charge in [-0.1, -0.05) is 6.92 Å². The minimum absolute atomic E-state index is 0.0679. The fourth-order valence-electron chi connectivity index (χ4n) is 1.75. The molecule has 0 radical (unpaired) electrons. The molecule has 18 heavy (non-hydrogen) atoms. The molecule has 5 heteroatoms. The van der Waals surface area contributed by atoms with Gasteiger partial charge in [-0.3, -0.25) is 4.79 Å². The molecular weight excluding hydrogens is 228 g/mol. The van der Waals surface area contributed by atoms with E-state index in [-0.39, 0.29) is 11.1 Å². The molecule has 1 rings (SSSR count). The molecule has 1 aromatic rings. The lowest BCUT2D eigenvalue weighted by atomic mass is 10.1. The first-order valence-corrected chi connectivity index (χ1v) is 6.33. The lowest BCUT2D eigenvalue weighted by Gasteiger charge is -2.22. The number of anilines is 1. The molecule has 102 valence electrons. The first-order chi connectivity index (χ1) is 8.36. The molecule has 0 aliphatic rings. The summed E-state index contributed by atoms with van der Waals surface area (Å²) < 4.78 is 1.70. The van der Waals surface area contributed by atoms with Crippen molar-refractivity contribution in [1.29, 1.82) is 0 Å². The summed E-state index contributed by atoms with van der Waals surface area (Å²) in [6.45, 7) is 9.77. The number of hydrogen-bond acceptors (Lipinski definition) is 4. The van der Waals surface area contributed by atoms with Gasteiger partial charge >= 0.3 is 0 Å². The van der Waals surface area contributed by atoms with Crippen molar-refractivity contribution in [3.63, 3.8) is 0 Å². The van der Waals surface area contributed by atoms with Crippen molar-refractivity contribution in [2.24, 2.45) is 5.92 Å². The predicted octanol–water partition coefficient (Wildman–Crippen LogP) is 1.27. The van der Waals surface area contributed by atoms with Gasteiger partial charge in [-0.05, 0) is 40.3 Å². The molecule has 0 saturated heterocycles. The Morgan fingerprint density at radius 1 is 1.39 bits per heavy atom. The van der Waals surface area contributed by atoms with E-state index in [0.29, 0.717) is 11.7 Å². The zero-order valence-corrected chi connectivity index (χ0v) is 11.9. The highest BCUT2D eigenvalue weighted by Gasteiger charge is 2.16. The summed E-state index contributed by atoms with van der Waals surface area (Å²) >= 11 is 0. The Kier molecular flexibility index (Phi) is 4.90. The van der Waals surface area contributed by atoms with Crippen molar-refractivity contribution in [1.82, 2.24) is 14.9 Å². The first kappa shape index (κ1) is 14.7. The zero-order chi connectivity index (χ0) is 13.8. The molecule has 0 bridgehead atoms. The summed E-state index contributed by atoms with van der Waals surface area (Å²) in [4.78, 5) is 16.3. The van der Waals surface area contributed by atoms with Gasteiger partial charge in [0.1, 0.15) is 0 Å². The van der Waals surface area contributed by atoms with E-state index in [1.807, 2.05) is 27.8 Å². The first-order valence-electron chi connectivity index (χ1n) is 6.33. The molecular formula is C13H24N4O. The molecule has 0 aromatic carbocycles. The Bertz CT molecular complexity index is 433. The lowest BCUT2D eigenvalue weighted by molar-refractivity contribution is 0.383. The second-order valence-electron chi connectivity index (χ2n) is 5.67. The molecule has 0 amide bonds. The van der Waals surface area contributed by atoms with Crippen molar-refractivity contribution in [3.05, 3.63) is 22.7 Å². The molecule has 2 N–H and O–H groups in total. The normalized spacial score (nSPS) is 13.4. The fraction of sp³-hybridized carbons (Fsp3) is 0.692. The van der Waals surface area contributed by atoms with Gasteiger partial charge in [-0.2, -0.15) is 0 Å². The number of nitrogens with zero attached hydrogens (tertiary/aromatic N) is 2. The van der Waals surface area contributed by atoms with Gasteiger partial charge in [-0.25, -0.2) is 4.98 Å². The minimum atomic E-state index is -0.229. The maximum atomic E-state index is 12.2. The molecule has 0 aliphatic heterocycles. The van der Waals surface area contributed by atoms with Gasteiger partial charge in [-0.15, -0.1) is 0 Å². The van der Waals surface area contributed by atoms with Crippen LogP contribution in [0.15, 0.2) is 17.2 Å². The number of nitrogens with one attached hydrogen (secondary N) is 2. The Morgan fingerprint density at radius 3 is 2.61 bits per heavy atom. The monoisotopic (exact) mass is 252 g/mol. The Morgan fingerprint density at radius 2 is 2.06 bits per heavy atom. The van der Waals surface area contributed by atoms with Crippen LogP contribution in [-0.2, 0) is 5.54 Å². The molecule has 1 atom stereocenters. The van der Waals surface area contributed by atoms with Crippen LogP contribution in [0.3, 0.4) is 0 Å². The Labute approximate surface area is 109 Å². The van der Waals surface area contributed by atoms with Crippen LogP contribution in [0.4, 0.5) is 5.82 Å². The second kappa shape index (κ2) is 6.00. The summed E-state index contributed by atoms with van der Waals surface area (Å²) in [5.74, 6) is 0.870. The Hall–Kier alpha value is -1.36. The van der Waals surface area contributed by atoms with E-state index < -0.39 is 0 Å². The standard InChI is InChI=1S/C13H24N4O/c1-10(8-14-5)9-16-11-12(18)17(7-6-15-11)13(2,3)4/h6-7,10,14H,8-9H2,1-5H3,(H,15,16). The van der Waals surface area contributed by atoms with Crippen LogP contribution in [0.25, 0.3) is 0 Å². The van der Waals surface area contributed by atoms with Crippen LogP contribution in [-0.4, -0.2) is 29.7 Å². The number of aromatic nitrogens is 2. The van der Waals surface area contributed by atoms with Crippen LogP contribution in [0.1, 0.15) is 27.7 Å². The average Bonchev–Trinajstić information content (AvgIpc) is 2.26. The van der Waals surface area contributed by atoms with E-state index in [1.165, 1.54) is 0 Å². The van der Waals surface area contributed by atoms with Crippen LogP contribution in [0.5, 0.6) is 0 Å². The highest BCUT2D eigenvalue weighted by molar-refractivity contribution is 5.31. The van der Waals surface area contributed by atoms with Gasteiger partial charge in [0.15, 0.2) is 5.82 Å². The van der Waals surface area contributed by atoms with Crippen LogP contribution in [0, 0.1) is 5.92 Å². The molecule has 0 saturated carbocycles. The fourth-order valence-corrected chi connectivity index (χ4v) is 1.75. The summed E-state index contributed by atoms with van der Waals surface area (Å²) in [5.41, 5.74) is -0.297. The smallest absolute Gasteiger partial charge is 0.293 e. The zero-order valence-electron chi connectivity index (χ0n) is 11.9. The van der Waals surface area contributed by atoms with Crippen LogP contribution < -0.4 is 16.2 Å². The van der Waals surface area contributed by atoms with Gasteiger partial charge in [0.25, 0.3) is 5.56 Å². The van der Waals surface area contributed by atoms with Crippen molar-refractivity contribution < 1.29 is 0 Å². The largest absolute Gasteiger partial charge is 0.365 e. The maximum Gasteiger partial charge on any atom is 0.293 e. The molecule has 0 aliphatic carbocycles. The predicted molar refractivity (Wildman–Crippen MR) is 75.1 cm³/mol. The summed E-state index contributed by atoms with van der Waals surface area (Å²) in [7, 11) is 1.92. The second-order valence-corrected chi connectivity index (χ2v) is 5.67. The lowest BCUT2D eigenvalue weighted by Crippen LogP contribution is -2.36. The third-order valence-electron chi connectivity index (χ3n) is 2.73. The molecule has 1 heterocycles. The third-order valence-corrected chi connectivity index (χ3v) is 2.73. The Balaban J connectivity index is 2.82. The molecule has 0 spiro atoms. The van der Waals surface area contributed by atoms with Crippen LogP contribution in [0.2, 0.25) is 0 Å². The SMILES string of the molecule is CNCC(C)CNc1nccn(C(C)(C)C)c1=O. The summed E-state index contributed by atoms with van der Waals surface area (Å²) in [6.07, 6.45) is 3.39. The van der Waals surface area contributed by atoms with Gasteiger partial charge in [0.05, 0.1) is 0 Å². The molecule has 5 nitrogen and oxygen atoms in total. The third kappa shape index (κ3) is 3.84. The highest BCUT2D eigenvalue weighted by atomic mass is 16.1. The quantitative estimate of drug-likeness (QED) is 0.828. The van der Waals surface area contributed by atoms with Crippen molar-refractivity contribution in [2.45, 2.75) is 33.2 Å². The molecule has 1 unspecified atom stereocenters. The summed E-state index contributed by atoms with van der Waals surface area (Å²) in [6, 6.07) is 0. The van der Waals surface area contributed by atoms with E-state index in [2.05, 4.69) is 22.5 Å². The van der Waals surface area contributed by atoms with Crippen molar-refractivity contribution >= 4 is 5.82 Å². The van der Waals surface area contributed by atoms with E-state index in [9.17, 15) is 4.79 Å². The summed E-state index contributed by atoms with van der Waals surface area (Å²) in [5, 5.41) is 6.24. The maximum absolute atomic E-state index is 12.2. The molecule has 1 aromatic heterocycles. The molecule has 0 fully saturated rings.